The Hall–Kier alpha value is -0.930. The molecule has 1 N–H and O–H groups in total. The maximum Gasteiger partial charge on any atom is 0.407 e. The maximum atomic E-state index is 11.4. The van der Waals surface area contributed by atoms with Gasteiger partial charge in [0.15, 0.2) is 18.2 Å². The monoisotopic (exact) mass is 399 g/mol. The number of carbonyl (C=O) groups is 1. The molecule has 2 bridgehead atoms. The van der Waals surface area contributed by atoms with E-state index in [1.165, 1.54) is 0 Å². The van der Waals surface area contributed by atoms with Gasteiger partial charge in [0.05, 0.1) is 13.2 Å². The van der Waals surface area contributed by atoms with Crippen molar-refractivity contribution in [3.8, 4) is 0 Å². The molecular formula is C20H33NO7. The van der Waals surface area contributed by atoms with Crippen LogP contribution in [0, 0.1) is 23.7 Å². The fraction of sp³-hybridized carbons (Fsp3) is 0.950. The molecule has 28 heavy (non-hydrogen) atoms. The molecule has 4 aliphatic heterocycles. The van der Waals surface area contributed by atoms with Gasteiger partial charge in [-0.05, 0) is 44.9 Å². The molecule has 8 atom stereocenters. The third-order valence-electron chi connectivity index (χ3n) is 7.03. The third-order valence-corrected chi connectivity index (χ3v) is 7.03. The second kappa shape index (κ2) is 7.72. The van der Waals surface area contributed by atoms with E-state index < -0.39 is 30.1 Å². The van der Waals surface area contributed by atoms with Crippen LogP contribution in [0.15, 0.2) is 0 Å². The first kappa shape index (κ1) is 20.3. The van der Waals surface area contributed by atoms with E-state index in [0.29, 0.717) is 31.6 Å². The van der Waals surface area contributed by atoms with E-state index in [9.17, 15) is 4.79 Å². The van der Waals surface area contributed by atoms with Crippen LogP contribution in [0.3, 0.4) is 0 Å². The summed E-state index contributed by atoms with van der Waals surface area (Å²) >= 11 is 0. The number of alkyl carbamates (subject to hydrolysis) is 1. The van der Waals surface area contributed by atoms with Gasteiger partial charge in [-0.2, -0.15) is 0 Å². The van der Waals surface area contributed by atoms with Crippen LogP contribution in [0.25, 0.3) is 0 Å². The van der Waals surface area contributed by atoms with E-state index >= 15 is 0 Å². The van der Waals surface area contributed by atoms with E-state index in [-0.39, 0.29) is 11.8 Å². The van der Waals surface area contributed by atoms with Gasteiger partial charge >= 0.3 is 6.09 Å². The van der Waals surface area contributed by atoms with Gasteiger partial charge in [0.1, 0.15) is 0 Å². The second-order valence-corrected chi connectivity index (χ2v) is 8.79. The Morgan fingerprint density at radius 3 is 2.79 bits per heavy atom. The van der Waals surface area contributed by atoms with Crippen LogP contribution in [-0.4, -0.2) is 49.8 Å². The quantitative estimate of drug-likeness (QED) is 0.562. The Kier molecular flexibility index (Phi) is 5.61. The number of hydrogen-bond donors (Lipinski definition) is 1. The molecule has 3 unspecified atom stereocenters. The number of hydrogen-bond acceptors (Lipinski definition) is 7. The smallest absolute Gasteiger partial charge is 0.407 e. The number of rotatable bonds is 5. The van der Waals surface area contributed by atoms with Crippen molar-refractivity contribution in [1.29, 1.82) is 0 Å². The predicted octanol–water partition coefficient (Wildman–Crippen LogP) is 2.96. The number of nitrogens with one attached hydrogen (secondary N) is 1. The van der Waals surface area contributed by atoms with Gasteiger partial charge in [-0.3, -0.25) is 0 Å². The third kappa shape index (κ3) is 3.33. The highest BCUT2D eigenvalue weighted by molar-refractivity contribution is 5.66. The highest BCUT2D eigenvalue weighted by atomic mass is 17.3. The van der Waals surface area contributed by atoms with Crippen LogP contribution in [0.2, 0.25) is 0 Å². The molecule has 4 saturated heterocycles. The molecule has 5 fully saturated rings. The molecule has 0 aromatic rings. The molecule has 0 radical (unpaired) electrons. The fourth-order valence-electron chi connectivity index (χ4n) is 5.57. The first-order valence-corrected chi connectivity index (χ1v) is 10.6. The van der Waals surface area contributed by atoms with Crippen LogP contribution >= 0.6 is 0 Å². The van der Waals surface area contributed by atoms with Crippen LogP contribution in [-0.2, 0) is 28.7 Å². The standard InChI is InChI=1S/C20H33NO7/c1-5-23-18(22)21-10-11-24-16-13(3)15-7-6-12(2)14-8-9-19(4)26-17(25-16)20(14,15)28-27-19/h12-17H,5-11H2,1-4H3,(H,21,22)/t12-,13-,14?,15?,16?,17-,19+,20-/m1/s1. The number of amides is 1. The molecule has 1 spiro atoms. The Labute approximate surface area is 166 Å². The van der Waals surface area contributed by atoms with E-state index in [2.05, 4.69) is 19.2 Å². The second-order valence-electron chi connectivity index (χ2n) is 8.79. The summed E-state index contributed by atoms with van der Waals surface area (Å²) in [4.78, 5) is 23.3. The van der Waals surface area contributed by atoms with Gasteiger partial charge in [0.25, 0.3) is 0 Å². The SMILES string of the molecule is CCOC(=O)NCCOC1O[C@@H]2O[C@]3(C)CCC4[C@H](C)CCC([C@H]1C)[C@]42OO3. The molecule has 1 saturated carbocycles. The molecule has 160 valence electrons. The highest BCUT2D eigenvalue weighted by Crippen LogP contribution is 2.60. The summed E-state index contributed by atoms with van der Waals surface area (Å²) in [6, 6.07) is 0. The van der Waals surface area contributed by atoms with Gasteiger partial charge in [0, 0.05) is 24.8 Å². The van der Waals surface area contributed by atoms with Crippen LogP contribution in [0.4, 0.5) is 4.79 Å². The highest BCUT2D eigenvalue weighted by Gasteiger charge is 2.69. The summed E-state index contributed by atoms with van der Waals surface area (Å²) in [5, 5.41) is 2.67. The summed E-state index contributed by atoms with van der Waals surface area (Å²) in [7, 11) is 0. The van der Waals surface area contributed by atoms with Crippen molar-refractivity contribution in [2.75, 3.05) is 19.8 Å². The average Bonchev–Trinajstić information content (AvgIpc) is 2.89. The molecular weight excluding hydrogens is 366 g/mol. The molecule has 5 aliphatic rings. The Bertz CT molecular complexity index is 589. The largest absolute Gasteiger partial charge is 0.450 e. The normalized spacial score (nSPS) is 47.1. The summed E-state index contributed by atoms with van der Waals surface area (Å²) in [5.74, 6) is 0.457. The van der Waals surface area contributed by atoms with E-state index in [1.807, 2.05) is 6.92 Å². The zero-order valence-electron chi connectivity index (χ0n) is 17.3. The lowest BCUT2D eigenvalue weighted by atomic mass is 9.58. The first-order chi connectivity index (χ1) is 13.4. The van der Waals surface area contributed by atoms with Gasteiger partial charge in [0.2, 0.25) is 5.79 Å². The topological polar surface area (TPSA) is 84.5 Å². The molecule has 1 amide bonds. The average molecular weight is 399 g/mol. The molecule has 4 heterocycles. The molecule has 8 nitrogen and oxygen atoms in total. The minimum atomic E-state index is -0.784. The first-order valence-electron chi connectivity index (χ1n) is 10.6. The van der Waals surface area contributed by atoms with Crippen molar-refractivity contribution >= 4 is 6.09 Å². The summed E-state index contributed by atoms with van der Waals surface area (Å²) < 4.78 is 23.5. The Morgan fingerprint density at radius 2 is 2.00 bits per heavy atom. The fourth-order valence-corrected chi connectivity index (χ4v) is 5.57. The van der Waals surface area contributed by atoms with Gasteiger partial charge in [-0.15, -0.1) is 0 Å². The van der Waals surface area contributed by atoms with Crippen molar-refractivity contribution in [2.45, 2.75) is 77.3 Å². The van der Waals surface area contributed by atoms with Gasteiger partial charge < -0.3 is 24.3 Å². The summed E-state index contributed by atoms with van der Waals surface area (Å²) in [6.45, 7) is 9.18. The van der Waals surface area contributed by atoms with E-state index in [0.717, 1.165) is 25.7 Å². The summed E-state index contributed by atoms with van der Waals surface area (Å²) in [5.41, 5.74) is -0.573. The van der Waals surface area contributed by atoms with Crippen LogP contribution < -0.4 is 5.32 Å². The van der Waals surface area contributed by atoms with E-state index in [4.69, 9.17) is 28.7 Å². The van der Waals surface area contributed by atoms with E-state index in [1.54, 1.807) is 6.92 Å². The lowest BCUT2D eigenvalue weighted by molar-refractivity contribution is -0.577. The van der Waals surface area contributed by atoms with Crippen molar-refractivity contribution in [2.24, 2.45) is 23.7 Å². The zero-order valence-corrected chi connectivity index (χ0v) is 17.3. The minimum absolute atomic E-state index is 0.128. The van der Waals surface area contributed by atoms with Crippen molar-refractivity contribution in [3.63, 3.8) is 0 Å². The Morgan fingerprint density at radius 1 is 1.18 bits per heavy atom. The molecule has 0 aromatic carbocycles. The van der Waals surface area contributed by atoms with Crippen molar-refractivity contribution < 1.29 is 33.5 Å². The number of carbonyl (C=O) groups excluding carboxylic acids is 1. The number of fused-ring (bicyclic) bond motifs is 2. The summed E-state index contributed by atoms with van der Waals surface area (Å²) in [6.07, 6.45) is 2.63. The van der Waals surface area contributed by atoms with Gasteiger partial charge in [-0.1, -0.05) is 13.8 Å². The Balaban J connectivity index is 1.46. The van der Waals surface area contributed by atoms with Crippen LogP contribution in [0.5, 0.6) is 0 Å². The predicted molar refractivity (Wildman–Crippen MR) is 97.8 cm³/mol. The lowest BCUT2D eigenvalue weighted by Crippen LogP contribution is -2.70. The minimum Gasteiger partial charge on any atom is -0.450 e. The maximum absolute atomic E-state index is 11.4. The van der Waals surface area contributed by atoms with Crippen LogP contribution in [0.1, 0.15) is 53.4 Å². The molecule has 1 aliphatic carbocycles. The van der Waals surface area contributed by atoms with Crippen molar-refractivity contribution in [1.82, 2.24) is 5.32 Å². The lowest BCUT2D eigenvalue weighted by Gasteiger charge is -2.60. The number of ether oxygens (including phenoxy) is 4. The molecule has 8 heteroatoms. The molecule has 0 aromatic heterocycles. The molecule has 5 rings (SSSR count). The van der Waals surface area contributed by atoms with Crippen molar-refractivity contribution in [3.05, 3.63) is 0 Å². The van der Waals surface area contributed by atoms with Gasteiger partial charge in [-0.25, -0.2) is 14.6 Å². The zero-order chi connectivity index (χ0) is 19.9.